The molecule has 1 rings (SSSR count). The smallest absolute Gasteiger partial charge is 0.310 e. The van der Waals surface area contributed by atoms with Gasteiger partial charge in [-0.2, -0.15) is 0 Å². The molecule has 23 heavy (non-hydrogen) atoms. The maximum atomic E-state index is 12.9. The quantitative estimate of drug-likeness (QED) is 0.690. The summed E-state index contributed by atoms with van der Waals surface area (Å²) < 4.78 is 10.5. The number of methoxy groups -OCH3 is 1. The van der Waals surface area contributed by atoms with Crippen LogP contribution in [0.4, 0.5) is 0 Å². The van der Waals surface area contributed by atoms with Gasteiger partial charge in [-0.15, -0.1) is 0 Å². The molecular weight excluding hydrogens is 296 g/mol. The SMILES string of the molecule is COC(=O)C(C)CN(C)C(=O)C(C(C)C)N1CC(C)OC(C)C1. The molecule has 0 aromatic rings. The molecule has 134 valence electrons. The number of hydrogen-bond acceptors (Lipinski definition) is 5. The Labute approximate surface area is 140 Å². The van der Waals surface area contributed by atoms with Crippen molar-refractivity contribution in [2.45, 2.75) is 52.9 Å². The third-order valence-electron chi connectivity index (χ3n) is 4.25. The second-order valence-electron chi connectivity index (χ2n) is 7.04. The number of carbonyl (C=O) groups excluding carboxylic acids is 2. The van der Waals surface area contributed by atoms with Crippen molar-refractivity contribution >= 4 is 11.9 Å². The molecule has 4 atom stereocenters. The first-order chi connectivity index (χ1) is 10.7. The van der Waals surface area contributed by atoms with E-state index in [1.165, 1.54) is 7.11 Å². The van der Waals surface area contributed by atoms with Gasteiger partial charge in [0, 0.05) is 26.7 Å². The van der Waals surface area contributed by atoms with E-state index in [2.05, 4.69) is 18.7 Å². The molecule has 0 radical (unpaired) electrons. The molecule has 0 aromatic heterocycles. The van der Waals surface area contributed by atoms with Crippen molar-refractivity contribution in [1.82, 2.24) is 9.80 Å². The zero-order valence-corrected chi connectivity index (χ0v) is 15.5. The lowest BCUT2D eigenvalue weighted by Gasteiger charge is -2.42. The van der Waals surface area contributed by atoms with Gasteiger partial charge in [0.1, 0.15) is 0 Å². The summed E-state index contributed by atoms with van der Waals surface area (Å²) in [5, 5.41) is 0. The lowest BCUT2D eigenvalue weighted by Crippen LogP contribution is -2.57. The Hall–Kier alpha value is -1.14. The Balaban J connectivity index is 2.79. The number of morpholine rings is 1. The first-order valence-electron chi connectivity index (χ1n) is 8.39. The van der Waals surface area contributed by atoms with Crippen molar-refractivity contribution in [3.63, 3.8) is 0 Å². The van der Waals surface area contributed by atoms with Crippen LogP contribution in [0, 0.1) is 11.8 Å². The van der Waals surface area contributed by atoms with Crippen LogP contribution in [-0.2, 0) is 19.1 Å². The fourth-order valence-electron chi connectivity index (χ4n) is 3.31. The van der Waals surface area contributed by atoms with Crippen LogP contribution < -0.4 is 0 Å². The predicted octanol–water partition coefficient (Wildman–Crippen LogP) is 1.39. The zero-order valence-electron chi connectivity index (χ0n) is 15.5. The maximum absolute atomic E-state index is 12.9. The summed E-state index contributed by atoms with van der Waals surface area (Å²) in [7, 11) is 3.12. The Morgan fingerprint density at radius 1 is 1.22 bits per heavy atom. The van der Waals surface area contributed by atoms with Crippen LogP contribution in [-0.4, -0.2) is 73.7 Å². The summed E-state index contributed by atoms with van der Waals surface area (Å²) in [6.07, 6.45) is 0.235. The van der Waals surface area contributed by atoms with E-state index in [4.69, 9.17) is 9.47 Å². The Bertz CT molecular complexity index is 403. The van der Waals surface area contributed by atoms with Crippen molar-refractivity contribution < 1.29 is 19.1 Å². The second-order valence-corrected chi connectivity index (χ2v) is 7.04. The first-order valence-corrected chi connectivity index (χ1v) is 8.39. The van der Waals surface area contributed by atoms with Crippen molar-refractivity contribution in [1.29, 1.82) is 0 Å². The summed E-state index contributed by atoms with van der Waals surface area (Å²) in [6, 6.07) is -0.196. The molecule has 0 N–H and O–H groups in total. The maximum Gasteiger partial charge on any atom is 0.310 e. The van der Waals surface area contributed by atoms with E-state index in [1.807, 2.05) is 13.8 Å². The number of amides is 1. The highest BCUT2D eigenvalue weighted by molar-refractivity contribution is 5.82. The van der Waals surface area contributed by atoms with E-state index >= 15 is 0 Å². The first kappa shape index (κ1) is 19.9. The average Bonchev–Trinajstić information content (AvgIpc) is 2.44. The zero-order chi connectivity index (χ0) is 17.7. The fraction of sp³-hybridized carbons (Fsp3) is 0.882. The van der Waals surface area contributed by atoms with E-state index < -0.39 is 0 Å². The van der Waals surface area contributed by atoms with Gasteiger partial charge in [-0.3, -0.25) is 14.5 Å². The average molecular weight is 328 g/mol. The minimum atomic E-state index is -0.329. The largest absolute Gasteiger partial charge is 0.469 e. The standard InChI is InChI=1S/C17H32N2O4/c1-11(2)15(19-9-13(4)23-14(5)10-19)16(20)18(6)8-12(3)17(21)22-7/h11-15H,8-10H2,1-7H3. The van der Waals surface area contributed by atoms with Crippen LogP contribution in [0.5, 0.6) is 0 Å². The van der Waals surface area contributed by atoms with Crippen molar-refractivity contribution in [2.24, 2.45) is 11.8 Å². The number of nitrogens with zero attached hydrogens (tertiary/aromatic N) is 2. The van der Waals surface area contributed by atoms with Gasteiger partial charge in [0.25, 0.3) is 0 Å². The Morgan fingerprint density at radius 3 is 2.17 bits per heavy atom. The third kappa shape index (κ3) is 5.46. The van der Waals surface area contributed by atoms with E-state index in [0.717, 1.165) is 13.1 Å². The van der Waals surface area contributed by atoms with Gasteiger partial charge in [-0.1, -0.05) is 20.8 Å². The topological polar surface area (TPSA) is 59.1 Å². The van der Waals surface area contributed by atoms with Crippen LogP contribution in [0.2, 0.25) is 0 Å². The molecule has 0 aliphatic carbocycles. The molecule has 4 unspecified atom stereocenters. The van der Waals surface area contributed by atoms with Gasteiger partial charge in [0.05, 0.1) is 31.3 Å². The van der Waals surface area contributed by atoms with E-state index in [0.29, 0.717) is 6.54 Å². The highest BCUT2D eigenvalue weighted by Gasteiger charge is 2.36. The van der Waals surface area contributed by atoms with E-state index in [-0.39, 0.29) is 42.0 Å². The van der Waals surface area contributed by atoms with Crippen molar-refractivity contribution in [3.8, 4) is 0 Å². The van der Waals surface area contributed by atoms with E-state index in [1.54, 1.807) is 18.9 Å². The lowest BCUT2D eigenvalue weighted by molar-refractivity contribution is -0.149. The van der Waals surface area contributed by atoms with Gasteiger partial charge >= 0.3 is 5.97 Å². The highest BCUT2D eigenvalue weighted by atomic mass is 16.5. The molecule has 6 heteroatoms. The molecule has 0 spiro atoms. The van der Waals surface area contributed by atoms with Gasteiger partial charge in [-0.05, 0) is 19.8 Å². The number of ether oxygens (including phenoxy) is 2. The van der Waals surface area contributed by atoms with Gasteiger partial charge < -0.3 is 14.4 Å². The summed E-state index contributed by atoms with van der Waals surface area (Å²) in [6.45, 7) is 11.8. The molecule has 1 saturated heterocycles. The lowest BCUT2D eigenvalue weighted by atomic mass is 9.98. The number of rotatable bonds is 6. The molecule has 1 heterocycles. The number of carbonyl (C=O) groups is 2. The van der Waals surface area contributed by atoms with Crippen LogP contribution in [0.15, 0.2) is 0 Å². The van der Waals surface area contributed by atoms with Crippen LogP contribution in [0.25, 0.3) is 0 Å². The summed E-state index contributed by atoms with van der Waals surface area (Å²) in [5.74, 6) is -0.378. The normalized spacial score (nSPS) is 25.0. The molecule has 0 aromatic carbocycles. The van der Waals surface area contributed by atoms with Crippen molar-refractivity contribution in [3.05, 3.63) is 0 Å². The van der Waals surface area contributed by atoms with Crippen LogP contribution in [0.3, 0.4) is 0 Å². The number of hydrogen-bond donors (Lipinski definition) is 0. The van der Waals surface area contributed by atoms with Gasteiger partial charge in [0.2, 0.25) is 5.91 Å². The minimum absolute atomic E-state index is 0.0528. The monoisotopic (exact) mass is 328 g/mol. The molecule has 1 aliphatic heterocycles. The summed E-state index contributed by atoms with van der Waals surface area (Å²) in [4.78, 5) is 28.4. The molecule has 6 nitrogen and oxygen atoms in total. The molecule has 0 bridgehead atoms. The van der Waals surface area contributed by atoms with Crippen LogP contribution >= 0.6 is 0 Å². The summed E-state index contributed by atoms with van der Waals surface area (Å²) in [5.41, 5.74) is 0. The minimum Gasteiger partial charge on any atom is -0.469 e. The van der Waals surface area contributed by atoms with Gasteiger partial charge in [-0.25, -0.2) is 0 Å². The number of likely N-dealkylation sites (N-methyl/N-ethyl adjacent to an activating group) is 1. The van der Waals surface area contributed by atoms with E-state index in [9.17, 15) is 9.59 Å². The Kier molecular flexibility index (Phi) is 7.48. The molecule has 1 fully saturated rings. The second kappa shape index (κ2) is 8.64. The Morgan fingerprint density at radius 2 is 1.74 bits per heavy atom. The molecule has 1 amide bonds. The fourth-order valence-corrected chi connectivity index (χ4v) is 3.31. The summed E-state index contributed by atoms with van der Waals surface area (Å²) >= 11 is 0. The molecular formula is C17H32N2O4. The van der Waals surface area contributed by atoms with Gasteiger partial charge in [0.15, 0.2) is 0 Å². The highest BCUT2D eigenvalue weighted by Crippen LogP contribution is 2.20. The molecule has 0 saturated carbocycles. The third-order valence-corrected chi connectivity index (χ3v) is 4.25. The van der Waals surface area contributed by atoms with Crippen molar-refractivity contribution in [2.75, 3.05) is 33.8 Å². The van der Waals surface area contributed by atoms with Crippen LogP contribution in [0.1, 0.15) is 34.6 Å². The number of esters is 1. The predicted molar refractivity (Wildman–Crippen MR) is 89.0 cm³/mol. The molecule has 1 aliphatic rings.